The third-order valence-corrected chi connectivity index (χ3v) is 2.91. The van der Waals surface area contributed by atoms with E-state index in [2.05, 4.69) is 9.72 Å². The Labute approximate surface area is 109 Å². The molecule has 0 spiro atoms. The van der Waals surface area contributed by atoms with E-state index in [-0.39, 0.29) is 29.9 Å². The van der Waals surface area contributed by atoms with Crippen molar-refractivity contribution in [3.05, 3.63) is 12.0 Å². The van der Waals surface area contributed by atoms with Gasteiger partial charge in [-0.3, -0.25) is 4.79 Å². The summed E-state index contributed by atoms with van der Waals surface area (Å²) in [5, 5.41) is 0.278. The average Bonchev–Trinajstić information content (AvgIpc) is 2.77. The maximum Gasteiger partial charge on any atom is 0.360 e. The normalized spacial score (nSPS) is 11.9. The molecule has 1 unspecified atom stereocenters. The number of esters is 2. The van der Waals surface area contributed by atoms with Crippen LogP contribution in [0.5, 0.6) is 0 Å². The number of carbonyl (C=O) groups excluding carboxylic acids is 2. The van der Waals surface area contributed by atoms with E-state index in [1.165, 1.54) is 25.1 Å². The van der Waals surface area contributed by atoms with Crippen molar-refractivity contribution in [1.29, 1.82) is 0 Å². The highest BCUT2D eigenvalue weighted by atomic mass is 32.2. The molecule has 1 aromatic heterocycles. The highest BCUT2D eigenvalue weighted by molar-refractivity contribution is 7.99. The fraction of sp³-hybridized carbons (Fsp3) is 0.545. The van der Waals surface area contributed by atoms with E-state index < -0.39 is 5.97 Å². The predicted octanol–water partition coefficient (Wildman–Crippen LogP) is 1.89. The minimum atomic E-state index is -0.520. The van der Waals surface area contributed by atoms with Crippen LogP contribution in [0.2, 0.25) is 0 Å². The summed E-state index contributed by atoms with van der Waals surface area (Å²) in [6.07, 6.45) is 1.49. The molecule has 18 heavy (non-hydrogen) atoms. The number of hydrogen-bond acceptors (Lipinski definition) is 7. The van der Waals surface area contributed by atoms with Crippen molar-refractivity contribution >= 4 is 23.7 Å². The van der Waals surface area contributed by atoms with Gasteiger partial charge in [0.1, 0.15) is 6.26 Å². The number of oxazole rings is 1. The molecular weight excluding hydrogens is 258 g/mol. The molecule has 0 N–H and O–H groups in total. The van der Waals surface area contributed by atoms with E-state index in [4.69, 9.17) is 9.15 Å². The summed E-state index contributed by atoms with van der Waals surface area (Å²) in [7, 11) is 1.34. The average molecular weight is 273 g/mol. The van der Waals surface area contributed by atoms with Crippen molar-refractivity contribution in [2.24, 2.45) is 0 Å². The molecule has 0 amide bonds. The molecule has 7 heteroatoms. The molecule has 0 aromatic carbocycles. The molecular formula is C11H15NO5S. The Kier molecular flexibility index (Phi) is 5.70. The summed E-state index contributed by atoms with van der Waals surface area (Å²) in [4.78, 5) is 26.4. The molecule has 100 valence electrons. The number of rotatable bonds is 6. The Morgan fingerprint density at radius 3 is 2.89 bits per heavy atom. The van der Waals surface area contributed by atoms with Crippen molar-refractivity contribution in [2.75, 3.05) is 13.7 Å². The lowest BCUT2D eigenvalue weighted by molar-refractivity contribution is -0.140. The Morgan fingerprint density at radius 2 is 2.28 bits per heavy atom. The van der Waals surface area contributed by atoms with E-state index in [0.717, 1.165) is 0 Å². The van der Waals surface area contributed by atoms with Crippen LogP contribution in [0.4, 0.5) is 0 Å². The van der Waals surface area contributed by atoms with Crippen molar-refractivity contribution < 1.29 is 23.5 Å². The lowest BCUT2D eigenvalue weighted by atomic mass is 10.3. The van der Waals surface area contributed by atoms with Crippen molar-refractivity contribution in [1.82, 2.24) is 4.98 Å². The zero-order chi connectivity index (χ0) is 13.5. The minimum Gasteiger partial charge on any atom is -0.469 e. The smallest absolute Gasteiger partial charge is 0.360 e. The summed E-state index contributed by atoms with van der Waals surface area (Å²) < 4.78 is 14.5. The molecule has 0 radical (unpaired) electrons. The number of hydrogen-bond donors (Lipinski definition) is 0. The fourth-order valence-electron chi connectivity index (χ4n) is 1.14. The largest absolute Gasteiger partial charge is 0.469 e. The van der Waals surface area contributed by atoms with E-state index in [9.17, 15) is 9.59 Å². The molecule has 1 rings (SSSR count). The van der Waals surface area contributed by atoms with Crippen molar-refractivity contribution in [3.63, 3.8) is 0 Å². The lowest BCUT2D eigenvalue weighted by Crippen LogP contribution is -2.08. The van der Waals surface area contributed by atoms with Crippen LogP contribution in [0.3, 0.4) is 0 Å². The third-order valence-electron chi connectivity index (χ3n) is 1.95. The molecule has 0 aliphatic heterocycles. The summed E-state index contributed by atoms with van der Waals surface area (Å²) in [5.74, 6) is -0.819. The number of aromatic nitrogens is 1. The van der Waals surface area contributed by atoms with Crippen LogP contribution in [-0.4, -0.2) is 35.9 Å². The summed E-state index contributed by atoms with van der Waals surface area (Å²) in [6.45, 7) is 3.84. The topological polar surface area (TPSA) is 78.6 Å². The number of thioether (sulfide) groups is 1. The van der Waals surface area contributed by atoms with Gasteiger partial charge in [0.25, 0.3) is 5.22 Å². The van der Waals surface area contributed by atoms with Crippen LogP contribution in [0.25, 0.3) is 0 Å². The SMILES string of the molecule is CCOC(=O)c1coc(SC(C)CC(=O)OC)n1. The Morgan fingerprint density at radius 1 is 1.56 bits per heavy atom. The van der Waals surface area contributed by atoms with Gasteiger partial charge in [-0.1, -0.05) is 18.7 Å². The van der Waals surface area contributed by atoms with Crippen LogP contribution in [0.15, 0.2) is 15.9 Å². The number of carbonyl (C=O) groups is 2. The lowest BCUT2D eigenvalue weighted by Gasteiger charge is -2.05. The molecule has 0 aliphatic rings. The van der Waals surface area contributed by atoms with Gasteiger partial charge >= 0.3 is 11.9 Å². The van der Waals surface area contributed by atoms with Crippen LogP contribution in [-0.2, 0) is 14.3 Å². The van der Waals surface area contributed by atoms with E-state index in [0.29, 0.717) is 5.22 Å². The quantitative estimate of drug-likeness (QED) is 0.578. The second-order valence-corrected chi connectivity index (χ2v) is 4.82. The first-order valence-electron chi connectivity index (χ1n) is 5.43. The van der Waals surface area contributed by atoms with E-state index >= 15 is 0 Å². The molecule has 1 aromatic rings. The molecule has 0 saturated carbocycles. The van der Waals surface area contributed by atoms with Gasteiger partial charge in [-0.25, -0.2) is 4.79 Å². The summed E-state index contributed by atoms with van der Waals surface area (Å²) in [5.41, 5.74) is 0.129. The zero-order valence-corrected chi connectivity index (χ0v) is 11.3. The minimum absolute atomic E-state index is 0.0499. The standard InChI is InChI=1S/C11H15NO5S/c1-4-16-10(14)8-6-17-11(12-8)18-7(2)5-9(13)15-3/h6-7H,4-5H2,1-3H3. The fourth-order valence-corrected chi connectivity index (χ4v) is 1.96. The first-order chi connectivity index (χ1) is 8.56. The third kappa shape index (κ3) is 4.40. The maximum absolute atomic E-state index is 11.3. The highest BCUT2D eigenvalue weighted by Gasteiger charge is 2.17. The van der Waals surface area contributed by atoms with Crippen LogP contribution in [0.1, 0.15) is 30.8 Å². The van der Waals surface area contributed by atoms with Crippen LogP contribution in [0, 0.1) is 0 Å². The molecule has 0 aliphatic carbocycles. The van der Waals surface area contributed by atoms with Crippen molar-refractivity contribution in [2.45, 2.75) is 30.7 Å². The van der Waals surface area contributed by atoms with Gasteiger partial charge in [-0.05, 0) is 6.92 Å². The number of nitrogens with zero attached hydrogens (tertiary/aromatic N) is 1. The monoisotopic (exact) mass is 273 g/mol. The predicted molar refractivity (Wildman–Crippen MR) is 64.4 cm³/mol. The second-order valence-electron chi connectivity index (χ2n) is 3.43. The molecule has 6 nitrogen and oxygen atoms in total. The van der Waals surface area contributed by atoms with Gasteiger partial charge in [0.15, 0.2) is 5.69 Å². The molecule has 1 heterocycles. The second kappa shape index (κ2) is 7.05. The number of ether oxygens (including phenoxy) is 2. The summed E-state index contributed by atoms with van der Waals surface area (Å²) >= 11 is 1.26. The van der Waals surface area contributed by atoms with Gasteiger partial charge in [-0.15, -0.1) is 0 Å². The summed E-state index contributed by atoms with van der Waals surface area (Å²) in [6, 6.07) is 0. The van der Waals surface area contributed by atoms with Crippen LogP contribution >= 0.6 is 11.8 Å². The maximum atomic E-state index is 11.3. The van der Waals surface area contributed by atoms with Gasteiger partial charge in [0.2, 0.25) is 0 Å². The van der Waals surface area contributed by atoms with Gasteiger partial charge < -0.3 is 13.9 Å². The van der Waals surface area contributed by atoms with E-state index in [1.54, 1.807) is 6.92 Å². The molecule has 0 fully saturated rings. The number of methoxy groups -OCH3 is 1. The first kappa shape index (κ1) is 14.6. The van der Waals surface area contributed by atoms with E-state index in [1.807, 2.05) is 6.92 Å². The highest BCUT2D eigenvalue weighted by Crippen LogP contribution is 2.24. The van der Waals surface area contributed by atoms with Gasteiger partial charge in [0, 0.05) is 5.25 Å². The van der Waals surface area contributed by atoms with Crippen molar-refractivity contribution in [3.8, 4) is 0 Å². The zero-order valence-electron chi connectivity index (χ0n) is 10.5. The Bertz CT molecular complexity index is 417. The van der Waals surface area contributed by atoms with Gasteiger partial charge in [0.05, 0.1) is 20.1 Å². The Hall–Kier alpha value is -1.50. The molecule has 1 atom stereocenters. The van der Waals surface area contributed by atoms with Crippen LogP contribution < -0.4 is 0 Å². The van der Waals surface area contributed by atoms with Gasteiger partial charge in [-0.2, -0.15) is 4.98 Å². The molecule has 0 saturated heterocycles. The molecule has 0 bridgehead atoms. The Balaban J connectivity index is 2.53. The first-order valence-corrected chi connectivity index (χ1v) is 6.30.